The predicted molar refractivity (Wildman–Crippen MR) is 65.8 cm³/mol. The fourth-order valence-electron chi connectivity index (χ4n) is 2.38. The molecule has 0 atom stereocenters. The lowest BCUT2D eigenvalue weighted by molar-refractivity contribution is -0.385. The highest BCUT2D eigenvalue weighted by Gasteiger charge is 2.28. The van der Waals surface area contributed by atoms with Crippen LogP contribution in [0.15, 0.2) is 42.5 Å². The van der Waals surface area contributed by atoms with E-state index in [9.17, 15) is 14.9 Å². The van der Waals surface area contributed by atoms with Crippen LogP contribution < -0.4 is 0 Å². The summed E-state index contributed by atoms with van der Waals surface area (Å²) in [4.78, 5) is 22.8. The zero-order valence-corrected chi connectivity index (χ0v) is 9.42. The molecule has 0 spiro atoms. The second-order valence-corrected chi connectivity index (χ2v) is 4.22. The number of hydrogen-bond donors (Lipinski definition) is 0. The number of fused-ring (bicyclic) bond motifs is 2. The largest absolute Gasteiger partial charge is 0.289 e. The Morgan fingerprint density at radius 2 is 1.72 bits per heavy atom. The number of hydrogen-bond acceptors (Lipinski definition) is 3. The van der Waals surface area contributed by atoms with Crippen LogP contribution >= 0.6 is 0 Å². The number of nitro groups is 1. The minimum absolute atomic E-state index is 0.0235. The summed E-state index contributed by atoms with van der Waals surface area (Å²) < 4.78 is 0. The molecule has 88 valence electrons. The van der Waals surface area contributed by atoms with Crippen LogP contribution in [-0.2, 0) is 6.42 Å². The molecular weight excluding hydrogens is 230 g/mol. The number of carbonyl (C=O) groups excluding carboxylic acids is 1. The summed E-state index contributed by atoms with van der Waals surface area (Å²) >= 11 is 0. The second kappa shape index (κ2) is 3.77. The number of nitro benzene ring substituents is 1. The standard InChI is InChI=1S/C14H9NO3/c16-14-10-5-2-1-4-9(10)8-12-11(14)6-3-7-13(12)15(17)18/h1-7H,8H2. The maximum Gasteiger partial charge on any atom is 0.273 e. The molecule has 4 heteroatoms. The molecule has 0 unspecified atom stereocenters. The lowest BCUT2D eigenvalue weighted by Gasteiger charge is -2.17. The van der Waals surface area contributed by atoms with Crippen molar-refractivity contribution in [1.82, 2.24) is 0 Å². The van der Waals surface area contributed by atoms with Crippen LogP contribution in [0.2, 0.25) is 0 Å². The smallest absolute Gasteiger partial charge is 0.273 e. The Bertz CT molecular complexity index is 676. The summed E-state index contributed by atoms with van der Waals surface area (Å²) in [5, 5.41) is 11.0. The predicted octanol–water partition coefficient (Wildman–Crippen LogP) is 2.73. The molecule has 1 aliphatic rings. The summed E-state index contributed by atoms with van der Waals surface area (Å²) in [7, 11) is 0. The van der Waals surface area contributed by atoms with Crippen molar-refractivity contribution in [2.45, 2.75) is 6.42 Å². The summed E-state index contributed by atoms with van der Waals surface area (Å²) in [6, 6.07) is 11.9. The van der Waals surface area contributed by atoms with E-state index in [1.165, 1.54) is 6.07 Å². The molecule has 0 radical (unpaired) electrons. The van der Waals surface area contributed by atoms with Crippen molar-refractivity contribution >= 4 is 11.5 Å². The van der Waals surface area contributed by atoms with Gasteiger partial charge < -0.3 is 0 Å². The minimum Gasteiger partial charge on any atom is -0.289 e. The van der Waals surface area contributed by atoms with E-state index in [4.69, 9.17) is 0 Å². The molecule has 0 amide bonds. The van der Waals surface area contributed by atoms with Crippen molar-refractivity contribution in [3.8, 4) is 0 Å². The summed E-state index contributed by atoms with van der Waals surface area (Å²) in [5.74, 6) is -0.129. The molecule has 0 aliphatic heterocycles. The molecule has 3 rings (SSSR count). The highest BCUT2D eigenvalue weighted by Crippen LogP contribution is 2.32. The number of nitrogens with zero attached hydrogens (tertiary/aromatic N) is 1. The molecule has 0 N–H and O–H groups in total. The minimum atomic E-state index is -0.431. The van der Waals surface area contributed by atoms with E-state index in [0.29, 0.717) is 23.1 Å². The van der Waals surface area contributed by atoms with Crippen molar-refractivity contribution in [2.24, 2.45) is 0 Å². The molecule has 2 aromatic rings. The third-order valence-electron chi connectivity index (χ3n) is 3.22. The number of ketones is 1. The second-order valence-electron chi connectivity index (χ2n) is 4.22. The molecular formula is C14H9NO3. The first-order chi connectivity index (χ1) is 8.68. The number of rotatable bonds is 1. The van der Waals surface area contributed by atoms with E-state index in [1.807, 2.05) is 12.1 Å². The van der Waals surface area contributed by atoms with Gasteiger partial charge in [-0.25, -0.2) is 0 Å². The summed E-state index contributed by atoms with van der Waals surface area (Å²) in [6.45, 7) is 0. The van der Waals surface area contributed by atoms with Gasteiger partial charge in [0, 0.05) is 29.2 Å². The molecule has 0 saturated heterocycles. The average molecular weight is 239 g/mol. The summed E-state index contributed by atoms with van der Waals surface area (Å²) in [6.07, 6.45) is 0.439. The van der Waals surface area contributed by atoms with E-state index in [1.54, 1.807) is 24.3 Å². The molecule has 1 aliphatic carbocycles. The maximum absolute atomic E-state index is 12.3. The van der Waals surface area contributed by atoms with Gasteiger partial charge in [-0.1, -0.05) is 36.4 Å². The third kappa shape index (κ3) is 1.43. The van der Waals surface area contributed by atoms with Crippen LogP contribution in [0.4, 0.5) is 5.69 Å². The zero-order chi connectivity index (χ0) is 12.7. The van der Waals surface area contributed by atoms with E-state index >= 15 is 0 Å². The maximum atomic E-state index is 12.3. The van der Waals surface area contributed by atoms with Crippen molar-refractivity contribution in [1.29, 1.82) is 0 Å². The lowest BCUT2D eigenvalue weighted by atomic mass is 9.84. The van der Waals surface area contributed by atoms with Gasteiger partial charge in [-0.05, 0) is 5.56 Å². The first-order valence-corrected chi connectivity index (χ1v) is 5.57. The van der Waals surface area contributed by atoms with Crippen molar-refractivity contribution in [2.75, 3.05) is 0 Å². The van der Waals surface area contributed by atoms with Gasteiger partial charge in [0.15, 0.2) is 5.78 Å². The van der Waals surface area contributed by atoms with Crippen LogP contribution in [0.1, 0.15) is 27.0 Å². The normalized spacial score (nSPS) is 12.8. The van der Waals surface area contributed by atoms with Crippen molar-refractivity contribution in [3.05, 3.63) is 74.8 Å². The van der Waals surface area contributed by atoms with E-state index in [2.05, 4.69) is 0 Å². The van der Waals surface area contributed by atoms with Gasteiger partial charge in [0.1, 0.15) is 0 Å². The highest BCUT2D eigenvalue weighted by molar-refractivity contribution is 6.12. The van der Waals surface area contributed by atoms with Crippen LogP contribution in [-0.4, -0.2) is 10.7 Å². The van der Waals surface area contributed by atoms with Gasteiger partial charge in [0.05, 0.1) is 4.92 Å². The van der Waals surface area contributed by atoms with Crippen molar-refractivity contribution < 1.29 is 9.72 Å². The molecule has 0 saturated carbocycles. The van der Waals surface area contributed by atoms with E-state index < -0.39 is 4.92 Å². The van der Waals surface area contributed by atoms with Gasteiger partial charge in [0.25, 0.3) is 5.69 Å². The Morgan fingerprint density at radius 3 is 2.50 bits per heavy atom. The Morgan fingerprint density at radius 1 is 1.00 bits per heavy atom. The van der Waals surface area contributed by atoms with Crippen LogP contribution in [0.25, 0.3) is 0 Å². The Kier molecular flexibility index (Phi) is 2.23. The van der Waals surface area contributed by atoms with Crippen LogP contribution in [0.3, 0.4) is 0 Å². The topological polar surface area (TPSA) is 60.2 Å². The molecule has 0 aromatic heterocycles. The van der Waals surface area contributed by atoms with Gasteiger partial charge in [0.2, 0.25) is 0 Å². The number of benzene rings is 2. The monoisotopic (exact) mass is 239 g/mol. The van der Waals surface area contributed by atoms with E-state index in [-0.39, 0.29) is 11.5 Å². The van der Waals surface area contributed by atoms with Gasteiger partial charge in [-0.3, -0.25) is 14.9 Å². The van der Waals surface area contributed by atoms with Gasteiger partial charge >= 0.3 is 0 Å². The molecule has 0 fully saturated rings. The highest BCUT2D eigenvalue weighted by atomic mass is 16.6. The van der Waals surface area contributed by atoms with Gasteiger partial charge in [-0.15, -0.1) is 0 Å². The fraction of sp³-hybridized carbons (Fsp3) is 0.0714. The Hall–Kier alpha value is -2.49. The summed E-state index contributed by atoms with van der Waals surface area (Å²) in [5.41, 5.74) is 2.49. The molecule has 0 bridgehead atoms. The van der Waals surface area contributed by atoms with Crippen LogP contribution in [0, 0.1) is 10.1 Å². The van der Waals surface area contributed by atoms with Gasteiger partial charge in [-0.2, -0.15) is 0 Å². The molecule has 4 nitrogen and oxygen atoms in total. The quantitative estimate of drug-likeness (QED) is 0.484. The lowest BCUT2D eigenvalue weighted by Crippen LogP contribution is -2.16. The Labute approximate surface area is 103 Å². The SMILES string of the molecule is O=C1c2ccccc2Cc2c1cccc2[N+](=O)[O-]. The first kappa shape index (κ1) is 10.7. The average Bonchev–Trinajstić information content (AvgIpc) is 2.38. The molecule has 0 heterocycles. The number of carbonyl (C=O) groups is 1. The van der Waals surface area contributed by atoms with E-state index in [0.717, 1.165) is 5.56 Å². The third-order valence-corrected chi connectivity index (χ3v) is 3.22. The molecule has 2 aromatic carbocycles. The van der Waals surface area contributed by atoms with Crippen LogP contribution in [0.5, 0.6) is 0 Å². The molecule has 18 heavy (non-hydrogen) atoms. The first-order valence-electron chi connectivity index (χ1n) is 5.57. The zero-order valence-electron chi connectivity index (χ0n) is 9.42. The van der Waals surface area contributed by atoms with Crippen molar-refractivity contribution in [3.63, 3.8) is 0 Å². The Balaban J connectivity index is 2.25. The fourth-order valence-corrected chi connectivity index (χ4v) is 2.38.